The molecule has 2 heterocycles. The first-order valence-corrected chi connectivity index (χ1v) is 15.0. The van der Waals surface area contributed by atoms with Crippen molar-refractivity contribution in [3.63, 3.8) is 0 Å². The summed E-state index contributed by atoms with van der Waals surface area (Å²) in [6.07, 6.45) is 0. The van der Waals surface area contributed by atoms with Gasteiger partial charge < -0.3 is 4.42 Å². The van der Waals surface area contributed by atoms with E-state index in [1.54, 1.807) is 0 Å². The minimum absolute atomic E-state index is 0.637. The summed E-state index contributed by atoms with van der Waals surface area (Å²) in [5, 5.41) is 6.98. The molecule has 0 saturated heterocycles. The highest BCUT2D eigenvalue weighted by molar-refractivity contribution is 6.10. The summed E-state index contributed by atoms with van der Waals surface area (Å²) in [5.74, 6) is 1.94. The van der Waals surface area contributed by atoms with E-state index < -0.39 is 0 Å². The van der Waals surface area contributed by atoms with Crippen molar-refractivity contribution in [1.82, 2.24) is 15.0 Å². The Morgan fingerprint density at radius 1 is 0.311 bits per heavy atom. The predicted octanol–water partition coefficient (Wildman–Crippen LogP) is 10.7. The maximum atomic E-state index is 6.33. The van der Waals surface area contributed by atoms with E-state index in [1.807, 2.05) is 30.3 Å². The molecule has 9 rings (SSSR count). The second-order valence-corrected chi connectivity index (χ2v) is 11.3. The molecule has 0 N–H and O–H groups in total. The van der Waals surface area contributed by atoms with Crippen LogP contribution in [0.15, 0.2) is 156 Å². The molecule has 45 heavy (non-hydrogen) atoms. The molecule has 0 spiro atoms. The van der Waals surface area contributed by atoms with Crippen LogP contribution in [-0.4, -0.2) is 15.0 Å². The van der Waals surface area contributed by atoms with Crippen molar-refractivity contribution in [2.75, 3.05) is 0 Å². The molecule has 0 radical (unpaired) electrons. The zero-order chi connectivity index (χ0) is 29.7. The van der Waals surface area contributed by atoms with Gasteiger partial charge in [0.2, 0.25) is 0 Å². The number of nitrogens with zero attached hydrogens (tertiary/aromatic N) is 3. The lowest BCUT2D eigenvalue weighted by Crippen LogP contribution is -2.00. The summed E-state index contributed by atoms with van der Waals surface area (Å²) < 4.78 is 6.33. The highest BCUT2D eigenvalue weighted by Gasteiger charge is 2.14. The summed E-state index contributed by atoms with van der Waals surface area (Å²) in [6.45, 7) is 0. The third-order valence-electron chi connectivity index (χ3n) is 8.49. The molecular weight excluding hydrogens is 550 g/mol. The van der Waals surface area contributed by atoms with Crippen LogP contribution in [0.25, 0.3) is 88.8 Å². The van der Waals surface area contributed by atoms with Gasteiger partial charge in [0.25, 0.3) is 0 Å². The average molecular weight is 576 g/mol. The van der Waals surface area contributed by atoms with Gasteiger partial charge in [-0.15, -0.1) is 0 Å². The minimum atomic E-state index is 0.637. The van der Waals surface area contributed by atoms with Gasteiger partial charge in [-0.05, 0) is 63.0 Å². The van der Waals surface area contributed by atoms with Crippen molar-refractivity contribution in [3.8, 4) is 45.3 Å². The Labute approximate surface area is 259 Å². The van der Waals surface area contributed by atoms with E-state index in [4.69, 9.17) is 19.4 Å². The molecular formula is C41H25N3O. The van der Waals surface area contributed by atoms with Crippen LogP contribution in [0.2, 0.25) is 0 Å². The van der Waals surface area contributed by atoms with Crippen LogP contribution in [0.5, 0.6) is 0 Å². The number of fused-ring (bicyclic) bond motifs is 5. The number of rotatable bonds is 4. The molecule has 7 aromatic carbocycles. The topological polar surface area (TPSA) is 51.8 Å². The SMILES string of the molecule is c1ccc(-c2nc(-c3ccc(-c4ccc5c(c4)oc4cc6ccccc6cc45)cc3)nc(-c3ccc4ccccc4c3)n2)cc1. The summed E-state index contributed by atoms with van der Waals surface area (Å²) in [7, 11) is 0. The fraction of sp³-hybridized carbons (Fsp3) is 0. The van der Waals surface area contributed by atoms with Crippen molar-refractivity contribution >= 4 is 43.5 Å². The van der Waals surface area contributed by atoms with Gasteiger partial charge in [-0.3, -0.25) is 0 Å². The number of aromatic nitrogens is 3. The lowest BCUT2D eigenvalue weighted by molar-refractivity contribution is 0.669. The van der Waals surface area contributed by atoms with Crippen molar-refractivity contribution < 1.29 is 4.42 Å². The van der Waals surface area contributed by atoms with Gasteiger partial charge in [0, 0.05) is 27.5 Å². The molecule has 0 unspecified atom stereocenters. The largest absolute Gasteiger partial charge is 0.456 e. The fourth-order valence-electron chi connectivity index (χ4n) is 6.13. The monoisotopic (exact) mass is 575 g/mol. The van der Waals surface area contributed by atoms with E-state index in [-0.39, 0.29) is 0 Å². The first-order valence-electron chi connectivity index (χ1n) is 15.0. The number of hydrogen-bond donors (Lipinski definition) is 0. The van der Waals surface area contributed by atoms with Gasteiger partial charge in [0.05, 0.1) is 0 Å². The lowest BCUT2D eigenvalue weighted by Gasteiger charge is -2.10. The van der Waals surface area contributed by atoms with E-state index in [2.05, 4.69) is 121 Å². The number of hydrogen-bond acceptors (Lipinski definition) is 4. The zero-order valence-corrected chi connectivity index (χ0v) is 24.2. The predicted molar refractivity (Wildman–Crippen MR) is 184 cm³/mol. The summed E-state index contributed by atoms with van der Waals surface area (Å²) in [5.41, 5.74) is 6.81. The van der Waals surface area contributed by atoms with E-state index in [9.17, 15) is 0 Å². The fourth-order valence-corrected chi connectivity index (χ4v) is 6.13. The Morgan fingerprint density at radius 2 is 0.822 bits per heavy atom. The van der Waals surface area contributed by atoms with Gasteiger partial charge in [0.15, 0.2) is 17.5 Å². The minimum Gasteiger partial charge on any atom is -0.456 e. The third-order valence-corrected chi connectivity index (χ3v) is 8.49. The number of furan rings is 1. The first kappa shape index (κ1) is 25.4. The molecule has 0 atom stereocenters. The van der Waals surface area contributed by atoms with Crippen LogP contribution < -0.4 is 0 Å². The van der Waals surface area contributed by atoms with E-state index in [0.29, 0.717) is 17.5 Å². The van der Waals surface area contributed by atoms with Crippen LogP contribution >= 0.6 is 0 Å². The highest BCUT2D eigenvalue weighted by atomic mass is 16.3. The Balaban J connectivity index is 1.11. The molecule has 0 aliphatic heterocycles. The van der Waals surface area contributed by atoms with Crippen molar-refractivity contribution in [1.29, 1.82) is 0 Å². The van der Waals surface area contributed by atoms with Crippen molar-refractivity contribution in [2.24, 2.45) is 0 Å². The maximum Gasteiger partial charge on any atom is 0.164 e. The van der Waals surface area contributed by atoms with Crippen LogP contribution in [0.1, 0.15) is 0 Å². The van der Waals surface area contributed by atoms with Crippen molar-refractivity contribution in [2.45, 2.75) is 0 Å². The first-order chi connectivity index (χ1) is 22.2. The van der Waals surface area contributed by atoms with Crippen LogP contribution in [-0.2, 0) is 0 Å². The van der Waals surface area contributed by atoms with Gasteiger partial charge >= 0.3 is 0 Å². The van der Waals surface area contributed by atoms with Crippen LogP contribution in [0, 0.1) is 0 Å². The number of benzene rings is 7. The smallest absolute Gasteiger partial charge is 0.164 e. The summed E-state index contributed by atoms with van der Waals surface area (Å²) >= 11 is 0. The second kappa shape index (κ2) is 10.2. The molecule has 210 valence electrons. The molecule has 0 fully saturated rings. The van der Waals surface area contributed by atoms with Crippen LogP contribution in [0.3, 0.4) is 0 Å². The standard InChI is InChI=1S/C41H25N3O/c1-2-9-28(10-3-1)39-42-40(44-41(43-39)34-19-16-26-8-4-5-11-30(26)22-34)29-17-14-27(15-18-29)33-20-21-35-36-23-31-12-6-7-13-32(31)24-38(36)45-37(35)25-33/h1-25H. The van der Waals surface area contributed by atoms with E-state index in [0.717, 1.165) is 55.1 Å². The second-order valence-electron chi connectivity index (χ2n) is 11.3. The Bertz CT molecular complexity index is 2530. The third kappa shape index (κ3) is 4.52. The summed E-state index contributed by atoms with van der Waals surface area (Å²) in [6, 6.07) is 52.3. The normalized spacial score (nSPS) is 11.6. The van der Waals surface area contributed by atoms with Crippen molar-refractivity contribution in [3.05, 3.63) is 152 Å². The zero-order valence-electron chi connectivity index (χ0n) is 24.2. The van der Waals surface area contributed by atoms with E-state index >= 15 is 0 Å². The molecule has 0 aliphatic carbocycles. The van der Waals surface area contributed by atoms with Gasteiger partial charge in [-0.25, -0.2) is 15.0 Å². The molecule has 0 amide bonds. The molecule has 0 aliphatic rings. The van der Waals surface area contributed by atoms with E-state index in [1.165, 1.54) is 16.2 Å². The Hall–Kier alpha value is -6.13. The van der Waals surface area contributed by atoms with Gasteiger partial charge in [-0.1, -0.05) is 121 Å². The molecule has 4 heteroatoms. The Kier molecular flexibility index (Phi) is 5.78. The highest BCUT2D eigenvalue weighted by Crippen LogP contribution is 2.35. The van der Waals surface area contributed by atoms with Crippen LogP contribution in [0.4, 0.5) is 0 Å². The molecule has 0 saturated carbocycles. The summed E-state index contributed by atoms with van der Waals surface area (Å²) in [4.78, 5) is 14.8. The Morgan fingerprint density at radius 3 is 1.56 bits per heavy atom. The molecule has 0 bridgehead atoms. The van der Waals surface area contributed by atoms with Gasteiger partial charge in [0.1, 0.15) is 11.2 Å². The quantitative estimate of drug-likeness (QED) is 0.209. The molecule has 9 aromatic rings. The lowest BCUT2D eigenvalue weighted by atomic mass is 10.0. The molecule has 2 aromatic heterocycles. The maximum absolute atomic E-state index is 6.33. The average Bonchev–Trinajstić information content (AvgIpc) is 3.47. The molecule has 4 nitrogen and oxygen atoms in total. The van der Waals surface area contributed by atoms with Gasteiger partial charge in [-0.2, -0.15) is 0 Å².